The first-order valence-electron chi connectivity index (χ1n) is 7.54. The maximum absolute atomic E-state index is 12.6. The van der Waals surface area contributed by atoms with Gasteiger partial charge >= 0.3 is 5.97 Å². The monoisotopic (exact) mass is 297 g/mol. The fourth-order valence-corrected chi connectivity index (χ4v) is 3.01. The van der Waals surface area contributed by atoms with Crippen molar-refractivity contribution in [3.8, 4) is 5.75 Å². The second-order valence-corrected chi connectivity index (χ2v) is 5.25. The van der Waals surface area contributed by atoms with Crippen LogP contribution < -0.4 is 10.4 Å². The van der Waals surface area contributed by atoms with Crippen LogP contribution in [0.4, 0.5) is 0 Å². The summed E-state index contributed by atoms with van der Waals surface area (Å²) in [6.45, 7) is 5.39. The molecule has 4 nitrogen and oxygen atoms in total. The number of carbonyl (C=O) groups is 1. The Labute approximate surface area is 129 Å². The molecule has 1 atom stereocenters. The predicted octanol–water partition coefficient (Wildman–Crippen LogP) is 1.04. The molecule has 2 aliphatic rings. The third-order valence-electron chi connectivity index (χ3n) is 4.07. The minimum absolute atomic E-state index is 0.167. The average Bonchev–Trinajstić information content (AvgIpc) is 2.65. The Hall–Kier alpha value is -2.49. The van der Waals surface area contributed by atoms with E-state index in [0.717, 1.165) is 10.8 Å². The van der Waals surface area contributed by atoms with Crippen LogP contribution in [0.2, 0.25) is 0 Å². The summed E-state index contributed by atoms with van der Waals surface area (Å²) < 4.78 is 5.65. The molecule has 1 aliphatic heterocycles. The Morgan fingerprint density at radius 1 is 1.23 bits per heavy atom. The SMILES string of the molecule is CCN(CC)C1=c2cccc(O)c2=C2C=CC=CC2OC1=O. The molecule has 1 heterocycles. The molecule has 0 amide bonds. The zero-order valence-corrected chi connectivity index (χ0v) is 12.7. The lowest BCUT2D eigenvalue weighted by molar-refractivity contribution is -0.138. The number of rotatable bonds is 3. The van der Waals surface area contributed by atoms with E-state index >= 15 is 0 Å². The van der Waals surface area contributed by atoms with Gasteiger partial charge in [0.15, 0.2) is 0 Å². The van der Waals surface area contributed by atoms with Crippen molar-refractivity contribution in [2.24, 2.45) is 0 Å². The molecule has 1 aromatic rings. The van der Waals surface area contributed by atoms with Gasteiger partial charge < -0.3 is 14.7 Å². The summed E-state index contributed by atoms with van der Waals surface area (Å²) in [6.07, 6.45) is 7.00. The van der Waals surface area contributed by atoms with Crippen molar-refractivity contribution in [2.45, 2.75) is 20.0 Å². The summed E-state index contributed by atoms with van der Waals surface area (Å²) in [7, 11) is 0. The molecule has 0 saturated carbocycles. The Morgan fingerprint density at radius 3 is 2.73 bits per heavy atom. The van der Waals surface area contributed by atoms with Gasteiger partial charge in [-0.1, -0.05) is 30.4 Å². The first-order valence-corrected chi connectivity index (χ1v) is 7.54. The predicted molar refractivity (Wildman–Crippen MR) is 85.3 cm³/mol. The number of hydrogen-bond acceptors (Lipinski definition) is 4. The molecule has 1 aliphatic carbocycles. The normalized spacial score (nSPS) is 19.4. The van der Waals surface area contributed by atoms with Crippen LogP contribution in [0.15, 0.2) is 42.5 Å². The van der Waals surface area contributed by atoms with E-state index in [1.165, 1.54) is 0 Å². The van der Waals surface area contributed by atoms with Crippen LogP contribution in [-0.2, 0) is 9.53 Å². The maximum Gasteiger partial charge on any atom is 0.356 e. The van der Waals surface area contributed by atoms with Crippen molar-refractivity contribution in [2.75, 3.05) is 13.1 Å². The van der Waals surface area contributed by atoms with Crippen LogP contribution in [0, 0.1) is 0 Å². The molecule has 1 N–H and O–H groups in total. The van der Waals surface area contributed by atoms with Crippen LogP contribution in [0.1, 0.15) is 13.8 Å². The van der Waals surface area contributed by atoms with E-state index in [0.29, 0.717) is 24.0 Å². The summed E-state index contributed by atoms with van der Waals surface area (Å²) in [5.41, 5.74) is 1.32. The lowest BCUT2D eigenvalue weighted by Crippen LogP contribution is -2.37. The van der Waals surface area contributed by atoms with Gasteiger partial charge in [0.25, 0.3) is 0 Å². The molecular weight excluding hydrogens is 278 g/mol. The van der Waals surface area contributed by atoms with Gasteiger partial charge in [0.05, 0.1) is 0 Å². The van der Waals surface area contributed by atoms with Gasteiger partial charge in [0.2, 0.25) is 0 Å². The lowest BCUT2D eigenvalue weighted by atomic mass is 10.00. The number of benzene rings is 1. The first kappa shape index (κ1) is 14.4. The van der Waals surface area contributed by atoms with E-state index in [2.05, 4.69) is 0 Å². The molecule has 1 unspecified atom stereocenters. The topological polar surface area (TPSA) is 49.8 Å². The number of likely N-dealkylation sites (N-methyl/N-ethyl adjacent to an activating group) is 1. The Kier molecular flexibility index (Phi) is 3.75. The van der Waals surface area contributed by atoms with Crippen molar-refractivity contribution < 1.29 is 14.6 Å². The number of ether oxygens (including phenoxy) is 1. The lowest BCUT2D eigenvalue weighted by Gasteiger charge is -2.23. The van der Waals surface area contributed by atoms with Gasteiger partial charge in [0.1, 0.15) is 17.6 Å². The highest BCUT2D eigenvalue weighted by molar-refractivity contribution is 6.10. The number of carbonyl (C=O) groups excluding carboxylic acids is 1. The molecule has 0 aromatic heterocycles. The van der Waals surface area contributed by atoms with Gasteiger partial charge in [-0.2, -0.15) is 0 Å². The second-order valence-electron chi connectivity index (χ2n) is 5.25. The highest BCUT2D eigenvalue weighted by atomic mass is 16.5. The number of esters is 1. The standard InChI is InChI=1S/C18H19NO3/c1-3-19(4-2)17-13-9-7-10-14(20)16(13)12-8-5-6-11-15(12)22-18(17)21/h5-11,15,20H,3-4H2,1-2H3. The third kappa shape index (κ3) is 2.21. The zero-order chi connectivity index (χ0) is 15.7. The summed E-state index contributed by atoms with van der Waals surface area (Å²) in [6, 6.07) is 5.27. The quantitative estimate of drug-likeness (QED) is 0.847. The number of phenols is 1. The van der Waals surface area contributed by atoms with E-state index in [1.807, 2.05) is 49.1 Å². The van der Waals surface area contributed by atoms with Gasteiger partial charge in [-0.05, 0) is 26.0 Å². The van der Waals surface area contributed by atoms with Crippen molar-refractivity contribution in [3.05, 3.63) is 52.9 Å². The molecule has 22 heavy (non-hydrogen) atoms. The fraction of sp³-hybridized carbons (Fsp3) is 0.278. The average molecular weight is 297 g/mol. The fourth-order valence-electron chi connectivity index (χ4n) is 3.01. The number of allylic oxidation sites excluding steroid dienone is 2. The Morgan fingerprint density at radius 2 is 2.00 bits per heavy atom. The summed E-state index contributed by atoms with van der Waals surface area (Å²) >= 11 is 0. The molecule has 4 heteroatoms. The van der Waals surface area contributed by atoms with Gasteiger partial charge in [-0.25, -0.2) is 4.79 Å². The van der Waals surface area contributed by atoms with Crippen LogP contribution in [0.3, 0.4) is 0 Å². The van der Waals surface area contributed by atoms with E-state index < -0.39 is 6.10 Å². The largest absolute Gasteiger partial charge is 0.507 e. The Bertz CT molecular complexity index is 785. The molecule has 1 aromatic carbocycles. The van der Waals surface area contributed by atoms with Crippen LogP contribution >= 0.6 is 0 Å². The minimum Gasteiger partial charge on any atom is -0.507 e. The Balaban J connectivity index is 2.46. The van der Waals surface area contributed by atoms with E-state index in [4.69, 9.17) is 4.74 Å². The number of phenolic OH excluding ortho intramolecular Hbond substituents is 1. The molecule has 0 radical (unpaired) electrons. The highest BCUT2D eigenvalue weighted by Gasteiger charge is 2.28. The van der Waals surface area contributed by atoms with Crippen molar-refractivity contribution in [1.29, 1.82) is 0 Å². The number of nitrogens with zero attached hydrogens (tertiary/aromatic N) is 1. The first-order chi connectivity index (χ1) is 10.7. The van der Waals surface area contributed by atoms with Crippen molar-refractivity contribution >= 4 is 17.2 Å². The van der Waals surface area contributed by atoms with Crippen molar-refractivity contribution in [3.63, 3.8) is 0 Å². The summed E-state index contributed by atoms with van der Waals surface area (Å²) in [4.78, 5) is 14.6. The van der Waals surface area contributed by atoms with Crippen LogP contribution in [0.5, 0.6) is 5.75 Å². The zero-order valence-electron chi connectivity index (χ0n) is 12.7. The van der Waals surface area contributed by atoms with Gasteiger partial charge in [0, 0.05) is 29.1 Å². The highest BCUT2D eigenvalue weighted by Crippen LogP contribution is 2.21. The number of aromatic hydroxyl groups is 1. The second kappa shape index (κ2) is 5.72. The summed E-state index contributed by atoms with van der Waals surface area (Å²) in [5.74, 6) is -0.184. The van der Waals surface area contributed by atoms with E-state index in [9.17, 15) is 9.90 Å². The molecule has 0 spiro atoms. The van der Waals surface area contributed by atoms with Crippen molar-refractivity contribution in [1.82, 2.24) is 4.90 Å². The maximum atomic E-state index is 12.6. The molecule has 0 bridgehead atoms. The third-order valence-corrected chi connectivity index (χ3v) is 4.07. The van der Waals surface area contributed by atoms with Gasteiger partial charge in [-0.3, -0.25) is 0 Å². The van der Waals surface area contributed by atoms with Crippen LogP contribution in [-0.4, -0.2) is 35.2 Å². The van der Waals surface area contributed by atoms with Crippen LogP contribution in [0.25, 0.3) is 11.3 Å². The van der Waals surface area contributed by atoms with E-state index in [1.54, 1.807) is 12.1 Å². The molecule has 114 valence electrons. The smallest absolute Gasteiger partial charge is 0.356 e. The minimum atomic E-state index is -0.461. The molecule has 0 fully saturated rings. The molecule has 0 saturated heterocycles. The van der Waals surface area contributed by atoms with Gasteiger partial charge in [-0.15, -0.1) is 0 Å². The molecule has 3 rings (SSSR count). The summed E-state index contributed by atoms with van der Waals surface area (Å²) in [5, 5.41) is 11.8. The number of fused-ring (bicyclic) bond motifs is 2. The number of hydrogen-bond donors (Lipinski definition) is 1. The van der Waals surface area contributed by atoms with E-state index in [-0.39, 0.29) is 11.7 Å². The molecular formula is C18H19NO3.